The van der Waals surface area contributed by atoms with E-state index in [-0.39, 0.29) is 0 Å². The summed E-state index contributed by atoms with van der Waals surface area (Å²) in [5, 5.41) is 0. The summed E-state index contributed by atoms with van der Waals surface area (Å²) in [6.07, 6.45) is 10.5. The van der Waals surface area contributed by atoms with Crippen LogP contribution in [0.1, 0.15) is 37.5 Å². The second kappa shape index (κ2) is 5.43. The average Bonchev–Trinajstić information content (AvgIpc) is 2.50. The minimum Gasteiger partial charge on any atom is -0.346 e. The maximum atomic E-state index is 4.38. The van der Waals surface area contributed by atoms with Crippen molar-refractivity contribution >= 4 is 6.08 Å². The Morgan fingerprint density at radius 1 is 1.29 bits per heavy atom. The zero-order valence-corrected chi connectivity index (χ0v) is 9.17. The van der Waals surface area contributed by atoms with Crippen molar-refractivity contribution in [3.8, 4) is 0 Å². The van der Waals surface area contributed by atoms with Gasteiger partial charge in [0.15, 0.2) is 0 Å². The molecule has 1 N–H and O–H groups in total. The molecule has 2 rings (SSSR count). The number of aromatic nitrogens is 2. The Labute approximate surface area is 85.8 Å². The van der Waals surface area contributed by atoms with Crippen molar-refractivity contribution in [2.45, 2.75) is 33.6 Å². The molecule has 0 aromatic carbocycles. The topological polar surface area (TPSA) is 28.7 Å². The van der Waals surface area contributed by atoms with Crippen LogP contribution in [-0.4, -0.2) is 9.97 Å². The van der Waals surface area contributed by atoms with E-state index in [9.17, 15) is 0 Å². The molecule has 0 amide bonds. The molecule has 14 heavy (non-hydrogen) atoms. The molecule has 76 valence electrons. The number of nitrogens with zero attached hydrogens (tertiary/aromatic N) is 1. The lowest BCUT2D eigenvalue weighted by Gasteiger charge is -1.97. The first kappa shape index (κ1) is 10.8. The standard InChI is InChI=1S/C10H12N2.C2H6/c1-8-11-9-6-4-2-3-5-7-10(9)12-8;1-2/h2-4,6H,5,7H2,1H3,(H,11,12);1-2H3/b3-2-,6-4-;. The van der Waals surface area contributed by atoms with Gasteiger partial charge in [-0.25, -0.2) is 4.98 Å². The van der Waals surface area contributed by atoms with Gasteiger partial charge in [0.2, 0.25) is 0 Å². The monoisotopic (exact) mass is 190 g/mol. The fourth-order valence-corrected chi connectivity index (χ4v) is 1.44. The molecule has 0 radical (unpaired) electrons. The van der Waals surface area contributed by atoms with Gasteiger partial charge in [0.05, 0.1) is 5.69 Å². The number of rotatable bonds is 0. The highest BCUT2D eigenvalue weighted by Crippen LogP contribution is 2.12. The second-order valence-corrected chi connectivity index (χ2v) is 3.01. The van der Waals surface area contributed by atoms with Gasteiger partial charge in [-0.15, -0.1) is 0 Å². The van der Waals surface area contributed by atoms with Crippen LogP contribution in [0.2, 0.25) is 0 Å². The van der Waals surface area contributed by atoms with Gasteiger partial charge in [-0.1, -0.05) is 32.1 Å². The summed E-state index contributed by atoms with van der Waals surface area (Å²) in [5.41, 5.74) is 2.35. The maximum Gasteiger partial charge on any atom is 0.103 e. The number of allylic oxidation sites excluding steroid dienone is 3. The number of hydrogen-bond donors (Lipinski definition) is 1. The van der Waals surface area contributed by atoms with Gasteiger partial charge in [0, 0.05) is 5.69 Å². The predicted octanol–water partition coefficient (Wildman–Crippen LogP) is 3.26. The van der Waals surface area contributed by atoms with Crippen LogP contribution < -0.4 is 0 Å². The average molecular weight is 190 g/mol. The summed E-state index contributed by atoms with van der Waals surface area (Å²) in [7, 11) is 0. The zero-order chi connectivity index (χ0) is 10.4. The highest BCUT2D eigenvalue weighted by molar-refractivity contribution is 5.50. The van der Waals surface area contributed by atoms with Crippen LogP contribution in [-0.2, 0) is 6.42 Å². The third-order valence-electron chi connectivity index (χ3n) is 1.99. The van der Waals surface area contributed by atoms with Crippen molar-refractivity contribution in [2.75, 3.05) is 0 Å². The third kappa shape index (κ3) is 2.59. The van der Waals surface area contributed by atoms with Crippen molar-refractivity contribution < 1.29 is 0 Å². The van der Waals surface area contributed by atoms with E-state index in [0.29, 0.717) is 0 Å². The lowest BCUT2D eigenvalue weighted by atomic mass is 10.1. The number of aromatic amines is 1. The fourth-order valence-electron chi connectivity index (χ4n) is 1.44. The van der Waals surface area contributed by atoms with Crippen molar-refractivity contribution in [3.63, 3.8) is 0 Å². The van der Waals surface area contributed by atoms with Crippen LogP contribution in [0.4, 0.5) is 0 Å². The van der Waals surface area contributed by atoms with Crippen LogP contribution in [0.25, 0.3) is 6.08 Å². The summed E-state index contributed by atoms with van der Waals surface area (Å²) in [6, 6.07) is 0. The van der Waals surface area contributed by atoms with Gasteiger partial charge in [-0.05, 0) is 25.8 Å². The lowest BCUT2D eigenvalue weighted by Crippen LogP contribution is -1.88. The maximum absolute atomic E-state index is 4.38. The normalized spacial score (nSPS) is 18.2. The van der Waals surface area contributed by atoms with Crippen molar-refractivity contribution in [3.05, 3.63) is 35.4 Å². The molecule has 2 nitrogen and oxygen atoms in total. The van der Waals surface area contributed by atoms with Gasteiger partial charge >= 0.3 is 0 Å². The number of aryl methyl sites for hydroxylation is 2. The van der Waals surface area contributed by atoms with Gasteiger partial charge in [0.1, 0.15) is 5.82 Å². The largest absolute Gasteiger partial charge is 0.346 e. The Bertz CT molecular complexity index is 332. The van der Waals surface area contributed by atoms with E-state index < -0.39 is 0 Å². The molecule has 0 fully saturated rings. The molecule has 1 heterocycles. The molecule has 0 unspecified atom stereocenters. The molecule has 0 spiro atoms. The van der Waals surface area contributed by atoms with Gasteiger partial charge < -0.3 is 4.98 Å². The number of hydrogen-bond acceptors (Lipinski definition) is 1. The Morgan fingerprint density at radius 3 is 2.86 bits per heavy atom. The van der Waals surface area contributed by atoms with Gasteiger partial charge in [0.25, 0.3) is 0 Å². The molecular weight excluding hydrogens is 172 g/mol. The molecule has 1 aromatic rings. The minimum absolute atomic E-state index is 1.01. The first-order valence-corrected chi connectivity index (χ1v) is 5.25. The van der Waals surface area contributed by atoms with E-state index in [1.165, 1.54) is 5.69 Å². The van der Waals surface area contributed by atoms with E-state index in [4.69, 9.17) is 0 Å². The molecule has 1 aliphatic rings. The Hall–Kier alpha value is -1.31. The number of nitrogens with one attached hydrogen (secondary N) is 1. The summed E-state index contributed by atoms with van der Waals surface area (Å²) in [5.74, 6) is 1.01. The highest BCUT2D eigenvalue weighted by atomic mass is 14.9. The van der Waals surface area contributed by atoms with Crippen LogP contribution in [0.5, 0.6) is 0 Å². The quantitative estimate of drug-likeness (QED) is 0.668. The molecule has 1 aromatic heterocycles. The summed E-state index contributed by atoms with van der Waals surface area (Å²) < 4.78 is 0. The molecule has 0 atom stereocenters. The minimum atomic E-state index is 1.01. The number of fused-ring (bicyclic) bond motifs is 1. The first-order chi connectivity index (χ1) is 6.86. The number of imidazole rings is 1. The molecule has 0 saturated carbocycles. The Balaban J connectivity index is 0.000000461. The second-order valence-electron chi connectivity index (χ2n) is 3.01. The smallest absolute Gasteiger partial charge is 0.103 e. The molecule has 0 aliphatic heterocycles. The lowest BCUT2D eigenvalue weighted by molar-refractivity contribution is 0.946. The summed E-state index contributed by atoms with van der Waals surface area (Å²) >= 11 is 0. The van der Waals surface area contributed by atoms with Crippen molar-refractivity contribution in [2.24, 2.45) is 0 Å². The Morgan fingerprint density at radius 2 is 2.07 bits per heavy atom. The first-order valence-electron chi connectivity index (χ1n) is 5.25. The van der Waals surface area contributed by atoms with E-state index in [0.717, 1.165) is 24.4 Å². The molecule has 0 bridgehead atoms. The van der Waals surface area contributed by atoms with Crippen molar-refractivity contribution in [1.82, 2.24) is 9.97 Å². The summed E-state index contributed by atoms with van der Waals surface area (Å²) in [4.78, 5) is 7.64. The number of H-pyrrole nitrogens is 1. The van der Waals surface area contributed by atoms with Crippen LogP contribution in [0, 0.1) is 6.92 Å². The van der Waals surface area contributed by atoms with E-state index in [2.05, 4.69) is 28.2 Å². The van der Waals surface area contributed by atoms with E-state index >= 15 is 0 Å². The summed E-state index contributed by atoms with van der Waals surface area (Å²) in [6.45, 7) is 5.99. The molecule has 1 aliphatic carbocycles. The highest BCUT2D eigenvalue weighted by Gasteiger charge is 2.04. The zero-order valence-electron chi connectivity index (χ0n) is 9.17. The SMILES string of the molecule is CC.Cc1nc2c([nH]1)CC/C=C\C=C/2. The predicted molar refractivity (Wildman–Crippen MR) is 61.2 cm³/mol. The van der Waals surface area contributed by atoms with Crippen LogP contribution >= 0.6 is 0 Å². The third-order valence-corrected chi connectivity index (χ3v) is 1.99. The fraction of sp³-hybridized carbons (Fsp3) is 0.417. The van der Waals surface area contributed by atoms with Gasteiger partial charge in [-0.2, -0.15) is 0 Å². The molecule has 2 heteroatoms. The van der Waals surface area contributed by atoms with Crippen LogP contribution in [0.3, 0.4) is 0 Å². The van der Waals surface area contributed by atoms with Crippen molar-refractivity contribution in [1.29, 1.82) is 0 Å². The van der Waals surface area contributed by atoms with E-state index in [1.54, 1.807) is 0 Å². The van der Waals surface area contributed by atoms with Crippen LogP contribution in [0.15, 0.2) is 18.2 Å². The molecular formula is C12H18N2. The Kier molecular flexibility index (Phi) is 4.17. The van der Waals surface area contributed by atoms with Gasteiger partial charge in [-0.3, -0.25) is 0 Å². The van der Waals surface area contributed by atoms with E-state index in [1.807, 2.05) is 26.8 Å². The molecule has 0 saturated heterocycles.